The lowest BCUT2D eigenvalue weighted by Gasteiger charge is -2.14. The molecule has 1 aromatic rings. The summed E-state index contributed by atoms with van der Waals surface area (Å²) in [5.74, 6) is 0.668. The van der Waals surface area contributed by atoms with Gasteiger partial charge in [-0.2, -0.15) is 0 Å². The molecular weight excluding hydrogens is 336 g/mol. The number of ether oxygens (including phenoxy) is 4. The van der Waals surface area contributed by atoms with E-state index in [1.54, 1.807) is 32.4 Å². The molecule has 0 fully saturated rings. The van der Waals surface area contributed by atoms with E-state index >= 15 is 0 Å². The van der Waals surface area contributed by atoms with Crippen molar-refractivity contribution in [2.75, 3.05) is 20.8 Å². The molecule has 0 amide bonds. The number of benzene rings is 1. The summed E-state index contributed by atoms with van der Waals surface area (Å²) in [6, 6.07) is 5.38. The lowest BCUT2D eigenvalue weighted by Crippen LogP contribution is -2.04. The monoisotopic (exact) mass is 360 g/mol. The number of esters is 2. The molecule has 0 spiro atoms. The van der Waals surface area contributed by atoms with Crippen LogP contribution in [0.3, 0.4) is 0 Å². The fraction of sp³-hybridized carbons (Fsp3) is 0.400. The van der Waals surface area contributed by atoms with Gasteiger partial charge in [0.15, 0.2) is 0 Å². The van der Waals surface area contributed by atoms with Gasteiger partial charge in [0.25, 0.3) is 0 Å². The van der Waals surface area contributed by atoms with Gasteiger partial charge in [-0.05, 0) is 49.6 Å². The van der Waals surface area contributed by atoms with Crippen LogP contribution >= 0.6 is 0 Å². The van der Waals surface area contributed by atoms with E-state index in [1.165, 1.54) is 6.92 Å². The summed E-state index contributed by atoms with van der Waals surface area (Å²) < 4.78 is 21.0. The molecule has 1 heterocycles. The molecule has 0 aromatic heterocycles. The summed E-state index contributed by atoms with van der Waals surface area (Å²) in [6.45, 7) is 3.52. The Balaban J connectivity index is 2.05. The normalized spacial score (nSPS) is 16.8. The number of rotatable bonds is 8. The van der Waals surface area contributed by atoms with E-state index in [9.17, 15) is 9.59 Å². The van der Waals surface area contributed by atoms with Crippen LogP contribution in [0.4, 0.5) is 0 Å². The second-order valence-corrected chi connectivity index (χ2v) is 6.00. The van der Waals surface area contributed by atoms with Crippen LogP contribution in [0.1, 0.15) is 38.4 Å². The van der Waals surface area contributed by atoms with Crippen LogP contribution in [0, 0.1) is 0 Å². The van der Waals surface area contributed by atoms with Crippen LogP contribution in [0.2, 0.25) is 0 Å². The van der Waals surface area contributed by atoms with Crippen molar-refractivity contribution >= 4 is 11.9 Å². The molecule has 0 radical (unpaired) electrons. The van der Waals surface area contributed by atoms with Crippen molar-refractivity contribution in [3.05, 3.63) is 47.1 Å². The summed E-state index contributed by atoms with van der Waals surface area (Å²) in [7, 11) is 3.15. The molecule has 26 heavy (non-hydrogen) atoms. The molecule has 0 N–H and O–H groups in total. The first kappa shape index (κ1) is 19.6. The zero-order valence-corrected chi connectivity index (χ0v) is 15.5. The van der Waals surface area contributed by atoms with E-state index in [0.29, 0.717) is 29.9 Å². The maximum Gasteiger partial charge on any atom is 0.334 e. The second-order valence-electron chi connectivity index (χ2n) is 6.00. The lowest BCUT2D eigenvalue weighted by atomic mass is 10.0. The quantitative estimate of drug-likeness (QED) is 0.522. The van der Waals surface area contributed by atoms with Gasteiger partial charge in [-0.1, -0.05) is 6.08 Å². The van der Waals surface area contributed by atoms with E-state index in [4.69, 9.17) is 18.9 Å². The molecule has 1 unspecified atom stereocenters. The Bertz CT molecular complexity index is 732. The summed E-state index contributed by atoms with van der Waals surface area (Å²) in [5.41, 5.74) is 2.31. The van der Waals surface area contributed by atoms with Crippen molar-refractivity contribution < 1.29 is 28.5 Å². The Labute approximate surface area is 153 Å². The van der Waals surface area contributed by atoms with Gasteiger partial charge in [-0.25, -0.2) is 4.79 Å². The van der Waals surface area contributed by atoms with Gasteiger partial charge in [-0.15, -0.1) is 0 Å². The first-order valence-electron chi connectivity index (χ1n) is 8.37. The van der Waals surface area contributed by atoms with Gasteiger partial charge in [0.1, 0.15) is 24.2 Å². The maximum atomic E-state index is 12.2. The highest BCUT2D eigenvalue weighted by Gasteiger charge is 2.28. The smallest absolute Gasteiger partial charge is 0.334 e. The maximum absolute atomic E-state index is 12.2. The Kier molecular flexibility index (Phi) is 6.83. The van der Waals surface area contributed by atoms with Gasteiger partial charge in [0.05, 0.1) is 14.2 Å². The van der Waals surface area contributed by atoms with E-state index < -0.39 is 6.10 Å². The highest BCUT2D eigenvalue weighted by molar-refractivity contribution is 5.91. The minimum Gasteiger partial charge on any atom is -0.497 e. The molecule has 1 aromatic carbocycles. The Morgan fingerprint density at radius 2 is 2.00 bits per heavy atom. The van der Waals surface area contributed by atoms with Gasteiger partial charge in [0.2, 0.25) is 0 Å². The average molecular weight is 360 g/mol. The van der Waals surface area contributed by atoms with E-state index in [0.717, 1.165) is 11.1 Å². The number of hydrogen-bond acceptors (Lipinski definition) is 6. The van der Waals surface area contributed by atoms with E-state index in [-0.39, 0.29) is 18.5 Å². The van der Waals surface area contributed by atoms with Crippen molar-refractivity contribution in [1.82, 2.24) is 0 Å². The molecule has 1 atom stereocenters. The molecule has 6 heteroatoms. The highest BCUT2D eigenvalue weighted by Crippen LogP contribution is 2.37. The van der Waals surface area contributed by atoms with Crippen LogP contribution in [0.25, 0.3) is 0 Å². The second kappa shape index (κ2) is 9.08. The van der Waals surface area contributed by atoms with Crippen molar-refractivity contribution in [2.45, 2.75) is 32.8 Å². The molecule has 0 saturated heterocycles. The fourth-order valence-corrected chi connectivity index (χ4v) is 2.62. The van der Waals surface area contributed by atoms with Crippen LogP contribution in [-0.2, 0) is 19.1 Å². The predicted octanol–water partition coefficient (Wildman–Crippen LogP) is 3.52. The topological polar surface area (TPSA) is 71.1 Å². The molecular formula is C20H24O6. The summed E-state index contributed by atoms with van der Waals surface area (Å²) in [5, 5.41) is 0. The number of carbonyl (C=O) groups excluding carboxylic acids is 2. The molecule has 6 nitrogen and oxygen atoms in total. The van der Waals surface area contributed by atoms with E-state index in [1.807, 2.05) is 19.1 Å². The largest absolute Gasteiger partial charge is 0.497 e. The molecule has 1 aliphatic heterocycles. The number of cyclic esters (lactones) is 1. The van der Waals surface area contributed by atoms with Crippen molar-refractivity contribution in [3.63, 3.8) is 0 Å². The zero-order valence-electron chi connectivity index (χ0n) is 15.5. The predicted molar refractivity (Wildman–Crippen MR) is 96.1 cm³/mol. The minimum atomic E-state index is -0.492. The fourth-order valence-electron chi connectivity index (χ4n) is 2.62. The molecule has 0 saturated carbocycles. The van der Waals surface area contributed by atoms with E-state index in [2.05, 4.69) is 0 Å². The van der Waals surface area contributed by atoms with Crippen molar-refractivity contribution in [3.8, 4) is 11.5 Å². The SMILES string of the molecule is COc1ccc(OC)c(C2C=C(CC/C=C(\C)COC(C)=O)C(=O)O2)c1. The Morgan fingerprint density at radius 3 is 2.65 bits per heavy atom. The first-order valence-corrected chi connectivity index (χ1v) is 8.37. The van der Waals surface area contributed by atoms with Gasteiger partial charge < -0.3 is 18.9 Å². The number of hydrogen-bond donors (Lipinski definition) is 0. The number of methoxy groups -OCH3 is 2. The van der Waals surface area contributed by atoms with Crippen molar-refractivity contribution in [1.29, 1.82) is 0 Å². The molecule has 2 rings (SSSR count). The average Bonchev–Trinajstić information content (AvgIpc) is 3.00. The Morgan fingerprint density at radius 1 is 1.23 bits per heavy atom. The standard InChI is InChI=1S/C20H24O6/c1-13(12-25-14(2)21)6-5-7-15-10-19(26-20(15)22)17-11-16(23-3)8-9-18(17)24-4/h6,8-11,19H,5,7,12H2,1-4H3/b13-6+. The van der Waals surface area contributed by atoms with Crippen LogP contribution < -0.4 is 9.47 Å². The van der Waals surface area contributed by atoms with Crippen LogP contribution in [-0.4, -0.2) is 32.8 Å². The van der Waals surface area contributed by atoms with Crippen molar-refractivity contribution in [2.24, 2.45) is 0 Å². The van der Waals surface area contributed by atoms with Crippen LogP contribution in [0.5, 0.6) is 11.5 Å². The first-order chi connectivity index (χ1) is 12.4. The molecule has 0 bridgehead atoms. The summed E-state index contributed by atoms with van der Waals surface area (Å²) in [4.78, 5) is 23.0. The summed E-state index contributed by atoms with van der Waals surface area (Å²) >= 11 is 0. The Hall–Kier alpha value is -2.76. The third-order valence-corrected chi connectivity index (χ3v) is 4.00. The minimum absolute atomic E-state index is 0.266. The lowest BCUT2D eigenvalue weighted by molar-refractivity contribution is -0.140. The molecule has 140 valence electrons. The van der Waals surface area contributed by atoms with Gasteiger partial charge >= 0.3 is 11.9 Å². The number of allylic oxidation sites excluding steroid dienone is 1. The van der Waals surface area contributed by atoms with Crippen LogP contribution in [0.15, 0.2) is 41.5 Å². The third-order valence-electron chi connectivity index (χ3n) is 4.00. The molecule has 0 aliphatic carbocycles. The van der Waals surface area contributed by atoms with Gasteiger partial charge in [-0.3, -0.25) is 4.79 Å². The molecule has 1 aliphatic rings. The number of carbonyl (C=O) groups is 2. The third kappa shape index (κ3) is 5.12. The summed E-state index contributed by atoms with van der Waals surface area (Å²) in [6.07, 6.45) is 4.49. The van der Waals surface area contributed by atoms with Gasteiger partial charge in [0, 0.05) is 18.1 Å². The highest BCUT2D eigenvalue weighted by atomic mass is 16.6. The zero-order chi connectivity index (χ0) is 19.1.